The number of hydrogen-bond donors (Lipinski definition) is 1. The third-order valence-electron chi connectivity index (χ3n) is 10.3. The number of likely N-dealkylation sites (N-methyl/N-ethyl adjacent to an activating group) is 1. The fourth-order valence-corrected chi connectivity index (χ4v) is 9.48. The van der Waals surface area contributed by atoms with Gasteiger partial charge < -0.3 is 19.6 Å². The van der Waals surface area contributed by atoms with Crippen LogP contribution in [0.15, 0.2) is 23.0 Å². The number of nitrogen functional groups attached to an aromatic ring is 1. The second-order valence-electron chi connectivity index (χ2n) is 13.2. The summed E-state index contributed by atoms with van der Waals surface area (Å²) in [7, 11) is 4.31. The quantitative estimate of drug-likeness (QED) is 0.325. The predicted molar refractivity (Wildman–Crippen MR) is 168 cm³/mol. The van der Waals surface area contributed by atoms with Crippen LogP contribution in [0.5, 0.6) is 5.88 Å². The van der Waals surface area contributed by atoms with E-state index in [4.69, 9.17) is 25.0 Å². The molecule has 4 aromatic rings. The normalized spacial score (nSPS) is 23.8. The molecule has 0 unspecified atom stereocenters. The van der Waals surface area contributed by atoms with E-state index >= 15 is 0 Å². The van der Waals surface area contributed by atoms with Crippen molar-refractivity contribution in [3.63, 3.8) is 0 Å². The number of thiophene rings is 1. The van der Waals surface area contributed by atoms with E-state index in [0.29, 0.717) is 34.0 Å². The van der Waals surface area contributed by atoms with E-state index in [2.05, 4.69) is 59.0 Å². The number of aryl methyl sites for hydroxylation is 1. The minimum Gasteiger partial charge on any atom is -0.473 e. The van der Waals surface area contributed by atoms with Crippen molar-refractivity contribution < 1.29 is 9.26 Å². The molecule has 1 spiro atoms. The van der Waals surface area contributed by atoms with Crippen molar-refractivity contribution in [3.8, 4) is 29.3 Å². The number of likely N-dealkylation sites (tertiary alicyclic amines) is 1. The lowest BCUT2D eigenvalue weighted by molar-refractivity contribution is 0.117. The van der Waals surface area contributed by atoms with E-state index in [1.165, 1.54) is 22.4 Å². The monoisotopic (exact) mass is 610 g/mol. The van der Waals surface area contributed by atoms with Gasteiger partial charge in [0.2, 0.25) is 5.88 Å². The van der Waals surface area contributed by atoms with Crippen LogP contribution in [0.3, 0.4) is 0 Å². The number of rotatable bonds is 5. The summed E-state index contributed by atoms with van der Waals surface area (Å²) in [6, 6.07) is 4.70. The van der Waals surface area contributed by atoms with Crippen molar-refractivity contribution in [2.75, 3.05) is 26.4 Å². The molecule has 1 fully saturated rings. The lowest BCUT2D eigenvalue weighted by Gasteiger charge is -2.39. The number of hydrogen-bond acceptors (Lipinski definition) is 10. The number of nitriles is 1. The van der Waals surface area contributed by atoms with Crippen LogP contribution in [-0.4, -0.2) is 62.3 Å². The molecule has 6 heterocycles. The predicted octanol–water partition coefficient (Wildman–Crippen LogP) is 5.20. The summed E-state index contributed by atoms with van der Waals surface area (Å²) in [6.07, 6.45) is 12.2. The molecule has 2 N–H and O–H groups in total. The number of nitrogens with zero attached hydrogens (tertiary/aromatic N) is 7. The number of anilines is 1. The van der Waals surface area contributed by atoms with E-state index in [1.54, 1.807) is 11.3 Å². The van der Waals surface area contributed by atoms with Gasteiger partial charge in [-0.3, -0.25) is 9.80 Å². The highest BCUT2D eigenvalue weighted by molar-refractivity contribution is 7.16. The highest BCUT2D eigenvalue weighted by atomic mass is 32.1. The number of ether oxygens (including phenoxy) is 1. The van der Waals surface area contributed by atoms with E-state index in [-0.39, 0.29) is 6.10 Å². The Morgan fingerprint density at radius 3 is 2.64 bits per heavy atom. The smallest absolute Gasteiger partial charge is 0.219 e. The Kier molecular flexibility index (Phi) is 6.59. The van der Waals surface area contributed by atoms with Crippen molar-refractivity contribution in [3.05, 3.63) is 56.9 Å². The number of nitrogens with two attached hydrogens (primary N) is 1. The van der Waals surface area contributed by atoms with Crippen LogP contribution in [0.2, 0.25) is 0 Å². The Morgan fingerprint density at radius 1 is 1.14 bits per heavy atom. The molecule has 10 nitrogen and oxygen atoms in total. The van der Waals surface area contributed by atoms with E-state index in [0.717, 1.165) is 87.3 Å². The molecular formula is C33H38N8O2S. The summed E-state index contributed by atoms with van der Waals surface area (Å²) in [6.45, 7) is 5.07. The average Bonchev–Trinajstić information content (AvgIpc) is 3.81. The van der Waals surface area contributed by atoms with Crippen molar-refractivity contribution in [2.45, 2.75) is 88.9 Å². The molecule has 0 saturated carbocycles. The van der Waals surface area contributed by atoms with Crippen molar-refractivity contribution in [1.29, 1.82) is 5.26 Å². The summed E-state index contributed by atoms with van der Waals surface area (Å²) in [5.74, 6) is 2.67. The molecule has 4 aromatic heterocycles. The molecule has 8 rings (SSSR count). The van der Waals surface area contributed by atoms with Gasteiger partial charge in [0, 0.05) is 48.0 Å². The van der Waals surface area contributed by atoms with E-state index in [1.807, 2.05) is 6.07 Å². The molecule has 44 heavy (non-hydrogen) atoms. The van der Waals surface area contributed by atoms with Crippen LogP contribution in [-0.2, 0) is 31.3 Å². The average molecular weight is 611 g/mol. The zero-order valence-electron chi connectivity index (χ0n) is 25.6. The minimum atomic E-state index is -0.391. The van der Waals surface area contributed by atoms with Crippen molar-refractivity contribution >= 4 is 16.3 Å². The fraction of sp³-hybridized carbons (Fsp3) is 0.515. The van der Waals surface area contributed by atoms with Crippen LogP contribution in [0.25, 0.3) is 17.3 Å². The Labute approximate surface area is 261 Å². The van der Waals surface area contributed by atoms with Gasteiger partial charge in [-0.2, -0.15) is 10.2 Å². The number of aromatic nitrogens is 4. The summed E-state index contributed by atoms with van der Waals surface area (Å²) in [4.78, 5) is 15.9. The Balaban J connectivity index is 1.23. The van der Waals surface area contributed by atoms with Gasteiger partial charge in [0.25, 0.3) is 0 Å². The van der Waals surface area contributed by atoms with Gasteiger partial charge in [-0.25, -0.2) is 4.98 Å². The zero-order valence-corrected chi connectivity index (χ0v) is 26.4. The minimum absolute atomic E-state index is 0.0231. The summed E-state index contributed by atoms with van der Waals surface area (Å²) in [5, 5.41) is 15.4. The maximum Gasteiger partial charge on any atom is 0.219 e. The largest absolute Gasteiger partial charge is 0.473 e. The zero-order chi connectivity index (χ0) is 30.2. The van der Waals surface area contributed by atoms with Gasteiger partial charge in [0.15, 0.2) is 17.3 Å². The SMILES string of the molecule is C[C@H](Oc1cc(-n2cc3c(c2)CN(C)C3)nc(-c2noc3c2CCC[C@@]32CCCc3sc(N)c(C#N)c32)n1)[C@@H]1CCCN1C. The summed E-state index contributed by atoms with van der Waals surface area (Å²) < 4.78 is 15.0. The van der Waals surface area contributed by atoms with Crippen LogP contribution >= 0.6 is 11.3 Å². The first kappa shape index (κ1) is 27.8. The van der Waals surface area contributed by atoms with E-state index in [9.17, 15) is 5.26 Å². The van der Waals surface area contributed by atoms with Gasteiger partial charge >= 0.3 is 0 Å². The Bertz CT molecular complexity index is 1770. The van der Waals surface area contributed by atoms with Gasteiger partial charge in [0.1, 0.15) is 23.0 Å². The van der Waals surface area contributed by atoms with Crippen LogP contribution in [0, 0.1) is 11.3 Å². The maximum atomic E-state index is 10.1. The van der Waals surface area contributed by atoms with Gasteiger partial charge in [-0.1, -0.05) is 5.16 Å². The highest BCUT2D eigenvalue weighted by Crippen LogP contribution is 2.55. The van der Waals surface area contributed by atoms with E-state index < -0.39 is 5.41 Å². The molecule has 2 aliphatic heterocycles. The van der Waals surface area contributed by atoms with Crippen LogP contribution < -0.4 is 10.5 Å². The third-order valence-corrected chi connectivity index (χ3v) is 11.4. The van der Waals surface area contributed by atoms with Crippen LogP contribution in [0.4, 0.5) is 5.00 Å². The molecule has 0 radical (unpaired) electrons. The standard InChI is InChI=1S/C33H38N8O2S/c1-19(24-8-6-12-40(24)3)42-27-13-26(41-17-20-15-39(2)16-21(20)18-41)36-32(37-27)29-22-7-4-10-33(30(22)43-38-29)11-5-9-25-28(33)23(14-34)31(35)44-25/h13,17-19,24H,4-12,15-16,35H2,1-3H3/t19-,24-,33-/m0/s1. The first-order valence-corrected chi connectivity index (χ1v) is 16.6. The van der Waals surface area contributed by atoms with Gasteiger partial charge in [0.05, 0.1) is 11.0 Å². The van der Waals surface area contributed by atoms with Gasteiger partial charge in [-0.15, -0.1) is 11.3 Å². The van der Waals surface area contributed by atoms with Crippen LogP contribution in [0.1, 0.15) is 83.9 Å². The lowest BCUT2D eigenvalue weighted by atomic mass is 9.63. The third kappa shape index (κ3) is 4.30. The molecule has 3 atom stereocenters. The molecule has 0 aromatic carbocycles. The maximum absolute atomic E-state index is 10.1. The van der Waals surface area contributed by atoms with Crippen molar-refractivity contribution in [2.24, 2.45) is 0 Å². The first-order chi connectivity index (χ1) is 21.3. The Morgan fingerprint density at radius 2 is 1.91 bits per heavy atom. The Hall–Kier alpha value is -3.72. The molecule has 2 aliphatic carbocycles. The fourth-order valence-electron chi connectivity index (χ4n) is 8.32. The van der Waals surface area contributed by atoms with Crippen molar-refractivity contribution in [1.82, 2.24) is 29.5 Å². The molecule has 11 heteroatoms. The summed E-state index contributed by atoms with van der Waals surface area (Å²) in [5.41, 5.74) is 12.0. The highest BCUT2D eigenvalue weighted by Gasteiger charge is 2.49. The molecule has 0 bridgehead atoms. The van der Waals surface area contributed by atoms with Gasteiger partial charge in [-0.05, 0) is 95.6 Å². The second kappa shape index (κ2) is 10.4. The molecule has 228 valence electrons. The topological polar surface area (TPSA) is 122 Å². The molecule has 1 saturated heterocycles. The summed E-state index contributed by atoms with van der Waals surface area (Å²) >= 11 is 1.56. The lowest BCUT2D eigenvalue weighted by Crippen LogP contribution is -2.38. The second-order valence-corrected chi connectivity index (χ2v) is 14.3. The molecule has 0 amide bonds. The molecule has 4 aliphatic rings. The first-order valence-electron chi connectivity index (χ1n) is 15.8. The number of fused-ring (bicyclic) bond motifs is 5. The molecular weight excluding hydrogens is 572 g/mol.